The summed E-state index contributed by atoms with van der Waals surface area (Å²) in [5.74, 6) is -0.143. The summed E-state index contributed by atoms with van der Waals surface area (Å²) in [6, 6.07) is 16.4. The monoisotopic (exact) mass is 352 g/mol. The van der Waals surface area contributed by atoms with Crippen LogP contribution in [0.1, 0.15) is 17.5 Å². The second-order valence-corrected chi connectivity index (χ2v) is 7.34. The van der Waals surface area contributed by atoms with E-state index in [1.807, 2.05) is 29.8 Å². The fourth-order valence-electron chi connectivity index (χ4n) is 3.28. The van der Waals surface area contributed by atoms with Crippen molar-refractivity contribution in [1.29, 1.82) is 0 Å². The van der Waals surface area contributed by atoms with Gasteiger partial charge in [0.25, 0.3) is 0 Å². The molecule has 25 heavy (non-hydrogen) atoms. The average Bonchev–Trinajstić information content (AvgIpc) is 3.24. The minimum absolute atomic E-state index is 0.00310. The molecule has 0 saturated carbocycles. The van der Waals surface area contributed by atoms with Gasteiger partial charge in [-0.05, 0) is 29.7 Å². The Morgan fingerprint density at radius 1 is 1.20 bits per heavy atom. The van der Waals surface area contributed by atoms with Crippen molar-refractivity contribution in [1.82, 2.24) is 9.88 Å². The molecule has 1 aliphatic heterocycles. The maximum atomic E-state index is 12.3. The highest BCUT2D eigenvalue weighted by molar-refractivity contribution is 7.16. The predicted octanol–water partition coefficient (Wildman–Crippen LogP) is 3.66. The third-order valence-electron chi connectivity index (χ3n) is 4.52. The standard InChI is InChI=1S/C20H20N2O2S/c23-20(11-16-6-7-18-19(10-16)25-14-21-18)24-17-8-9-22(13-17)12-15-4-2-1-3-5-15/h1-7,10,14,17H,8-9,11-13H2. The van der Waals surface area contributed by atoms with Gasteiger partial charge in [-0.3, -0.25) is 9.69 Å². The maximum Gasteiger partial charge on any atom is 0.310 e. The van der Waals surface area contributed by atoms with E-state index in [-0.39, 0.29) is 12.1 Å². The summed E-state index contributed by atoms with van der Waals surface area (Å²) in [6.45, 7) is 2.70. The number of esters is 1. The smallest absolute Gasteiger partial charge is 0.310 e. The second-order valence-electron chi connectivity index (χ2n) is 6.45. The summed E-state index contributed by atoms with van der Waals surface area (Å²) < 4.78 is 6.80. The quantitative estimate of drug-likeness (QED) is 0.657. The van der Waals surface area contributed by atoms with Gasteiger partial charge in [0.1, 0.15) is 6.10 Å². The lowest BCUT2D eigenvalue weighted by Gasteiger charge is -2.16. The number of thiazole rings is 1. The van der Waals surface area contributed by atoms with Gasteiger partial charge in [0.2, 0.25) is 0 Å². The van der Waals surface area contributed by atoms with Gasteiger partial charge in [0.15, 0.2) is 0 Å². The summed E-state index contributed by atoms with van der Waals surface area (Å²) in [6.07, 6.45) is 1.23. The van der Waals surface area contributed by atoms with Crippen LogP contribution < -0.4 is 0 Å². The molecule has 1 fully saturated rings. The number of nitrogens with zero attached hydrogens (tertiary/aromatic N) is 2. The van der Waals surface area contributed by atoms with E-state index in [1.165, 1.54) is 5.56 Å². The zero-order chi connectivity index (χ0) is 17.1. The molecule has 1 saturated heterocycles. The van der Waals surface area contributed by atoms with Gasteiger partial charge in [-0.25, -0.2) is 4.98 Å². The van der Waals surface area contributed by atoms with Crippen LogP contribution in [0.15, 0.2) is 54.0 Å². The van der Waals surface area contributed by atoms with Crippen LogP contribution in [-0.4, -0.2) is 35.0 Å². The minimum Gasteiger partial charge on any atom is -0.461 e. The fourth-order valence-corrected chi connectivity index (χ4v) is 4.02. The van der Waals surface area contributed by atoms with Gasteiger partial charge in [0.05, 0.1) is 22.1 Å². The molecule has 3 aromatic rings. The zero-order valence-electron chi connectivity index (χ0n) is 13.9. The Hall–Kier alpha value is -2.24. The number of aromatic nitrogens is 1. The van der Waals surface area contributed by atoms with Crippen LogP contribution in [0.3, 0.4) is 0 Å². The van der Waals surface area contributed by atoms with Crippen molar-refractivity contribution in [2.75, 3.05) is 13.1 Å². The first-order valence-corrected chi connectivity index (χ1v) is 9.42. The molecule has 1 aliphatic rings. The maximum absolute atomic E-state index is 12.3. The largest absolute Gasteiger partial charge is 0.461 e. The summed E-state index contributed by atoms with van der Waals surface area (Å²) in [7, 11) is 0. The lowest BCUT2D eigenvalue weighted by Crippen LogP contribution is -2.25. The van der Waals surface area contributed by atoms with E-state index in [0.29, 0.717) is 6.42 Å². The third kappa shape index (κ3) is 4.06. The third-order valence-corrected chi connectivity index (χ3v) is 5.31. The molecule has 0 aliphatic carbocycles. The predicted molar refractivity (Wildman–Crippen MR) is 99.5 cm³/mol. The zero-order valence-corrected chi connectivity index (χ0v) is 14.7. The second kappa shape index (κ2) is 7.33. The highest BCUT2D eigenvalue weighted by Gasteiger charge is 2.25. The van der Waals surface area contributed by atoms with Crippen LogP contribution in [0.2, 0.25) is 0 Å². The number of benzene rings is 2. The Morgan fingerprint density at radius 3 is 2.96 bits per heavy atom. The first kappa shape index (κ1) is 16.2. The molecule has 0 N–H and O–H groups in total. The van der Waals surface area contributed by atoms with Gasteiger partial charge in [0, 0.05) is 19.6 Å². The van der Waals surface area contributed by atoms with E-state index >= 15 is 0 Å². The van der Waals surface area contributed by atoms with Crippen molar-refractivity contribution in [2.24, 2.45) is 0 Å². The van der Waals surface area contributed by atoms with Crippen LogP contribution in [0.5, 0.6) is 0 Å². The van der Waals surface area contributed by atoms with Crippen molar-refractivity contribution >= 4 is 27.5 Å². The molecule has 2 aromatic carbocycles. The first-order chi connectivity index (χ1) is 12.3. The molecule has 4 rings (SSSR count). The minimum atomic E-state index is -0.143. The fraction of sp³-hybridized carbons (Fsp3) is 0.300. The average molecular weight is 352 g/mol. The molecule has 0 bridgehead atoms. The van der Waals surface area contributed by atoms with E-state index in [1.54, 1.807) is 11.3 Å². The van der Waals surface area contributed by atoms with Gasteiger partial charge in [-0.1, -0.05) is 36.4 Å². The molecular weight excluding hydrogens is 332 g/mol. The normalized spacial score (nSPS) is 17.8. The van der Waals surface area contributed by atoms with Crippen LogP contribution in [0.4, 0.5) is 0 Å². The number of hydrogen-bond acceptors (Lipinski definition) is 5. The number of ether oxygens (including phenoxy) is 1. The van der Waals surface area contributed by atoms with Gasteiger partial charge in [-0.15, -0.1) is 11.3 Å². The molecule has 4 nitrogen and oxygen atoms in total. The molecule has 0 spiro atoms. The van der Waals surface area contributed by atoms with Crippen LogP contribution in [-0.2, 0) is 22.5 Å². The van der Waals surface area contributed by atoms with E-state index in [4.69, 9.17) is 4.74 Å². The Balaban J connectivity index is 1.29. The lowest BCUT2D eigenvalue weighted by molar-refractivity contribution is -0.147. The van der Waals surface area contributed by atoms with E-state index < -0.39 is 0 Å². The van der Waals surface area contributed by atoms with Crippen LogP contribution >= 0.6 is 11.3 Å². The molecule has 1 unspecified atom stereocenters. The van der Waals surface area contributed by atoms with Crippen LogP contribution in [0.25, 0.3) is 10.2 Å². The number of likely N-dealkylation sites (tertiary alicyclic amines) is 1. The summed E-state index contributed by atoms with van der Waals surface area (Å²) in [5.41, 5.74) is 5.09. The molecule has 5 heteroatoms. The number of carbonyl (C=O) groups is 1. The van der Waals surface area contributed by atoms with Crippen molar-refractivity contribution < 1.29 is 9.53 Å². The number of rotatable bonds is 5. The van der Waals surface area contributed by atoms with E-state index in [0.717, 1.165) is 41.8 Å². The SMILES string of the molecule is O=C(Cc1ccc2ncsc2c1)OC1CCN(Cc2ccccc2)C1. The Morgan fingerprint density at radius 2 is 2.08 bits per heavy atom. The Labute approximate surface area is 151 Å². The highest BCUT2D eigenvalue weighted by Crippen LogP contribution is 2.20. The number of hydrogen-bond donors (Lipinski definition) is 0. The van der Waals surface area contributed by atoms with Crippen molar-refractivity contribution in [2.45, 2.75) is 25.5 Å². The Kier molecular flexibility index (Phi) is 4.76. The Bertz CT molecular complexity index is 862. The molecular formula is C20H20N2O2S. The van der Waals surface area contributed by atoms with Crippen molar-refractivity contribution in [3.63, 3.8) is 0 Å². The van der Waals surface area contributed by atoms with Crippen molar-refractivity contribution in [3.8, 4) is 0 Å². The topological polar surface area (TPSA) is 42.4 Å². The molecule has 1 atom stereocenters. The number of carbonyl (C=O) groups excluding carboxylic acids is 1. The van der Waals surface area contributed by atoms with E-state index in [9.17, 15) is 4.79 Å². The summed E-state index contributed by atoms with van der Waals surface area (Å²) in [4.78, 5) is 18.9. The van der Waals surface area contributed by atoms with Crippen LogP contribution in [0, 0.1) is 0 Å². The number of fused-ring (bicyclic) bond motifs is 1. The molecule has 128 valence electrons. The van der Waals surface area contributed by atoms with E-state index in [2.05, 4.69) is 34.1 Å². The molecule has 2 heterocycles. The van der Waals surface area contributed by atoms with Crippen molar-refractivity contribution in [3.05, 3.63) is 65.2 Å². The first-order valence-electron chi connectivity index (χ1n) is 8.54. The van der Waals surface area contributed by atoms with Gasteiger partial charge in [-0.2, -0.15) is 0 Å². The molecule has 1 aromatic heterocycles. The lowest BCUT2D eigenvalue weighted by atomic mass is 10.1. The molecule has 0 radical (unpaired) electrons. The van der Waals surface area contributed by atoms with Gasteiger partial charge >= 0.3 is 5.97 Å². The molecule has 0 amide bonds. The summed E-state index contributed by atoms with van der Waals surface area (Å²) >= 11 is 1.59. The highest BCUT2D eigenvalue weighted by atomic mass is 32.1. The van der Waals surface area contributed by atoms with Gasteiger partial charge < -0.3 is 4.74 Å². The summed E-state index contributed by atoms with van der Waals surface area (Å²) in [5, 5.41) is 0.